The maximum absolute atomic E-state index is 4.66. The molecule has 1 aliphatic heterocycles. The molecule has 0 aliphatic carbocycles. The summed E-state index contributed by atoms with van der Waals surface area (Å²) in [6, 6.07) is 0.637. The number of hydrogen-bond donors (Lipinski definition) is 1. The molecule has 1 aliphatic rings. The molecule has 3 heterocycles. The topological polar surface area (TPSA) is 57.7 Å². The Morgan fingerprint density at radius 3 is 2.70 bits per heavy atom. The van der Waals surface area contributed by atoms with Crippen LogP contribution >= 0.6 is 0 Å². The molecular formula is C18H27N5. The van der Waals surface area contributed by atoms with Gasteiger partial charge in [-0.3, -0.25) is 15.1 Å². The molecule has 1 atom stereocenters. The summed E-state index contributed by atoms with van der Waals surface area (Å²) in [6.07, 6.45) is 7.45. The van der Waals surface area contributed by atoms with Gasteiger partial charge in [0.15, 0.2) is 0 Å². The van der Waals surface area contributed by atoms with Crippen LogP contribution in [0.4, 0.5) is 0 Å². The maximum atomic E-state index is 4.66. The number of hydrogen-bond acceptors (Lipinski definition) is 4. The van der Waals surface area contributed by atoms with Crippen molar-refractivity contribution in [2.45, 2.75) is 53.0 Å². The Morgan fingerprint density at radius 1 is 1.26 bits per heavy atom. The van der Waals surface area contributed by atoms with E-state index >= 15 is 0 Å². The van der Waals surface area contributed by atoms with Crippen molar-refractivity contribution in [2.24, 2.45) is 5.92 Å². The largest absolute Gasteiger partial charge is 0.301 e. The van der Waals surface area contributed by atoms with Crippen molar-refractivity contribution in [1.29, 1.82) is 0 Å². The highest BCUT2D eigenvalue weighted by Crippen LogP contribution is 2.24. The zero-order valence-electron chi connectivity index (χ0n) is 14.6. The first-order chi connectivity index (χ1) is 11.0. The van der Waals surface area contributed by atoms with Crippen molar-refractivity contribution in [3.63, 3.8) is 0 Å². The van der Waals surface area contributed by atoms with Crippen molar-refractivity contribution >= 4 is 0 Å². The van der Waals surface area contributed by atoms with E-state index in [1.807, 2.05) is 26.2 Å². The molecule has 0 aromatic carbocycles. The summed E-state index contributed by atoms with van der Waals surface area (Å²) in [5.74, 6) is 0.698. The highest BCUT2D eigenvalue weighted by Gasteiger charge is 2.22. The molecule has 0 amide bonds. The standard InChI is InChI=1S/C18H27N5/c1-12(2)23-7-5-6-15(11-23)8-16-9-20-17(10-19-16)18-13(3)21-22-14(18)4/h9-10,12,15H,5-8,11H2,1-4H3,(H,21,22). The second-order valence-electron chi connectivity index (χ2n) is 7.00. The number of nitrogens with one attached hydrogen (secondary N) is 1. The van der Waals surface area contributed by atoms with Crippen LogP contribution in [0, 0.1) is 19.8 Å². The van der Waals surface area contributed by atoms with Crippen LogP contribution in [0.25, 0.3) is 11.3 Å². The highest BCUT2D eigenvalue weighted by atomic mass is 15.2. The molecule has 0 radical (unpaired) electrons. The minimum absolute atomic E-state index is 0.637. The van der Waals surface area contributed by atoms with Crippen molar-refractivity contribution in [2.75, 3.05) is 13.1 Å². The molecule has 1 unspecified atom stereocenters. The fraction of sp³-hybridized carbons (Fsp3) is 0.611. The van der Waals surface area contributed by atoms with E-state index in [0.717, 1.165) is 34.8 Å². The summed E-state index contributed by atoms with van der Waals surface area (Å²) in [7, 11) is 0. The molecule has 0 saturated carbocycles. The minimum atomic E-state index is 0.637. The van der Waals surface area contributed by atoms with E-state index in [1.165, 1.54) is 25.9 Å². The van der Waals surface area contributed by atoms with Gasteiger partial charge in [-0.25, -0.2) is 0 Å². The average molecular weight is 313 g/mol. The first-order valence-corrected chi connectivity index (χ1v) is 8.61. The fourth-order valence-corrected chi connectivity index (χ4v) is 3.55. The van der Waals surface area contributed by atoms with Crippen molar-refractivity contribution in [1.82, 2.24) is 25.1 Å². The van der Waals surface area contributed by atoms with Gasteiger partial charge in [-0.05, 0) is 59.4 Å². The maximum Gasteiger partial charge on any atom is 0.0922 e. The lowest BCUT2D eigenvalue weighted by molar-refractivity contribution is 0.139. The van der Waals surface area contributed by atoms with Gasteiger partial charge in [0.1, 0.15) is 0 Å². The minimum Gasteiger partial charge on any atom is -0.301 e. The third-order valence-electron chi connectivity index (χ3n) is 4.87. The number of aromatic nitrogens is 4. The van der Waals surface area contributed by atoms with Gasteiger partial charge >= 0.3 is 0 Å². The van der Waals surface area contributed by atoms with Gasteiger partial charge < -0.3 is 4.90 Å². The molecule has 2 aromatic heterocycles. The quantitative estimate of drug-likeness (QED) is 0.942. The summed E-state index contributed by atoms with van der Waals surface area (Å²) >= 11 is 0. The van der Waals surface area contributed by atoms with Gasteiger partial charge in [-0.2, -0.15) is 5.10 Å². The Kier molecular flexibility index (Phi) is 4.76. The van der Waals surface area contributed by atoms with Gasteiger partial charge in [-0.15, -0.1) is 0 Å². The molecule has 3 rings (SSSR count). The smallest absolute Gasteiger partial charge is 0.0922 e. The normalized spacial score (nSPS) is 19.4. The van der Waals surface area contributed by atoms with E-state index in [-0.39, 0.29) is 0 Å². The van der Waals surface area contributed by atoms with Crippen molar-refractivity contribution in [3.05, 3.63) is 29.5 Å². The number of rotatable bonds is 4. The third kappa shape index (κ3) is 3.61. The molecule has 1 fully saturated rings. The zero-order valence-corrected chi connectivity index (χ0v) is 14.6. The van der Waals surface area contributed by atoms with E-state index < -0.39 is 0 Å². The van der Waals surface area contributed by atoms with Crippen LogP contribution in [-0.4, -0.2) is 44.2 Å². The fourth-order valence-electron chi connectivity index (χ4n) is 3.55. The zero-order chi connectivity index (χ0) is 16.4. The van der Waals surface area contributed by atoms with Crippen LogP contribution in [0.1, 0.15) is 43.8 Å². The summed E-state index contributed by atoms with van der Waals surface area (Å²) in [4.78, 5) is 11.9. The molecule has 5 heteroatoms. The molecule has 124 valence electrons. The Hall–Kier alpha value is -1.75. The molecule has 1 saturated heterocycles. The Bertz CT molecular complexity index is 624. The number of aromatic amines is 1. The highest BCUT2D eigenvalue weighted by molar-refractivity contribution is 5.63. The number of aryl methyl sites for hydroxylation is 2. The van der Waals surface area contributed by atoms with E-state index in [4.69, 9.17) is 0 Å². The number of H-pyrrole nitrogens is 1. The van der Waals surface area contributed by atoms with E-state index in [9.17, 15) is 0 Å². The van der Waals surface area contributed by atoms with Gasteiger partial charge in [0.2, 0.25) is 0 Å². The van der Waals surface area contributed by atoms with Crippen molar-refractivity contribution in [3.8, 4) is 11.3 Å². The summed E-state index contributed by atoms with van der Waals surface area (Å²) in [6.45, 7) is 11.0. The molecular weight excluding hydrogens is 286 g/mol. The number of piperidine rings is 1. The third-order valence-corrected chi connectivity index (χ3v) is 4.87. The van der Waals surface area contributed by atoms with Crippen LogP contribution in [-0.2, 0) is 6.42 Å². The first-order valence-electron chi connectivity index (χ1n) is 8.61. The lowest BCUT2D eigenvalue weighted by Gasteiger charge is -2.35. The van der Waals surface area contributed by atoms with E-state index in [0.29, 0.717) is 12.0 Å². The monoisotopic (exact) mass is 313 g/mol. The molecule has 2 aromatic rings. The van der Waals surface area contributed by atoms with E-state index in [1.54, 1.807) is 0 Å². The molecule has 1 N–H and O–H groups in total. The molecule has 0 bridgehead atoms. The second kappa shape index (κ2) is 6.79. The Balaban J connectivity index is 1.68. The van der Waals surface area contributed by atoms with Gasteiger partial charge in [-0.1, -0.05) is 0 Å². The lowest BCUT2D eigenvalue weighted by Crippen LogP contribution is -2.40. The number of likely N-dealkylation sites (tertiary alicyclic amines) is 1. The van der Waals surface area contributed by atoms with Crippen LogP contribution in [0.15, 0.2) is 12.4 Å². The van der Waals surface area contributed by atoms with E-state index in [2.05, 4.69) is 38.9 Å². The van der Waals surface area contributed by atoms with Crippen LogP contribution in [0.5, 0.6) is 0 Å². The van der Waals surface area contributed by atoms with Crippen LogP contribution < -0.4 is 0 Å². The molecule has 23 heavy (non-hydrogen) atoms. The van der Waals surface area contributed by atoms with Crippen molar-refractivity contribution < 1.29 is 0 Å². The summed E-state index contributed by atoms with van der Waals surface area (Å²) < 4.78 is 0. The molecule has 0 spiro atoms. The van der Waals surface area contributed by atoms with Gasteiger partial charge in [0.05, 0.1) is 23.3 Å². The Morgan fingerprint density at radius 2 is 2.09 bits per heavy atom. The summed E-state index contributed by atoms with van der Waals surface area (Å²) in [5, 5.41) is 7.24. The van der Waals surface area contributed by atoms with Gasteiger partial charge in [0, 0.05) is 30.0 Å². The SMILES string of the molecule is Cc1n[nH]c(C)c1-c1cnc(CC2CCCN(C(C)C)C2)cn1. The second-order valence-corrected chi connectivity index (χ2v) is 7.00. The first kappa shape index (κ1) is 16.1. The van der Waals surface area contributed by atoms with Crippen LogP contribution in [0.2, 0.25) is 0 Å². The predicted octanol–water partition coefficient (Wildman–Crippen LogP) is 3.15. The average Bonchev–Trinajstić information content (AvgIpc) is 2.87. The molecule has 5 nitrogen and oxygen atoms in total. The Labute approximate surface area is 138 Å². The predicted molar refractivity (Wildman–Crippen MR) is 92.2 cm³/mol. The van der Waals surface area contributed by atoms with Gasteiger partial charge in [0.25, 0.3) is 0 Å². The van der Waals surface area contributed by atoms with Crippen LogP contribution in [0.3, 0.4) is 0 Å². The summed E-state index contributed by atoms with van der Waals surface area (Å²) in [5.41, 5.74) is 5.11. The lowest BCUT2D eigenvalue weighted by atomic mass is 9.93. The number of nitrogens with zero attached hydrogens (tertiary/aromatic N) is 4.